The molecule has 1 aromatic heterocycles. The van der Waals surface area contributed by atoms with E-state index in [2.05, 4.69) is 12.2 Å². The van der Waals surface area contributed by atoms with Crippen molar-refractivity contribution in [1.82, 2.24) is 5.32 Å². The summed E-state index contributed by atoms with van der Waals surface area (Å²) in [6.07, 6.45) is 1.63. The molecule has 0 spiro atoms. The second-order valence-electron chi connectivity index (χ2n) is 4.06. The molecule has 0 amide bonds. The van der Waals surface area contributed by atoms with E-state index in [9.17, 15) is 0 Å². The Kier molecular flexibility index (Phi) is 4.28. The maximum atomic E-state index is 6.22. The molecule has 2 rings (SSSR count). The van der Waals surface area contributed by atoms with Crippen molar-refractivity contribution < 1.29 is 9.15 Å². The largest absolute Gasteiger partial charge is 0.486 e. The minimum Gasteiger partial charge on any atom is -0.486 e. The van der Waals surface area contributed by atoms with Crippen LogP contribution in [0.3, 0.4) is 0 Å². The van der Waals surface area contributed by atoms with E-state index >= 15 is 0 Å². The van der Waals surface area contributed by atoms with Crippen LogP contribution in [0.1, 0.15) is 24.3 Å². The van der Waals surface area contributed by atoms with Gasteiger partial charge in [0.2, 0.25) is 0 Å². The molecule has 4 heteroatoms. The highest BCUT2D eigenvalue weighted by molar-refractivity contribution is 6.31. The summed E-state index contributed by atoms with van der Waals surface area (Å²) < 4.78 is 10.8. The second-order valence-corrected chi connectivity index (χ2v) is 4.47. The summed E-state index contributed by atoms with van der Waals surface area (Å²) in [5.41, 5.74) is 1.06. The fraction of sp³-hybridized carbons (Fsp3) is 0.286. The first-order valence-electron chi connectivity index (χ1n) is 5.82. The van der Waals surface area contributed by atoms with Crippen molar-refractivity contribution in [2.45, 2.75) is 19.6 Å². The van der Waals surface area contributed by atoms with Crippen LogP contribution in [0.25, 0.3) is 0 Å². The monoisotopic (exact) mass is 265 g/mol. The van der Waals surface area contributed by atoms with E-state index in [-0.39, 0.29) is 6.04 Å². The van der Waals surface area contributed by atoms with Gasteiger partial charge in [-0.15, -0.1) is 0 Å². The number of hydrogen-bond acceptors (Lipinski definition) is 3. The Morgan fingerprint density at radius 1 is 1.39 bits per heavy atom. The normalized spacial score (nSPS) is 12.4. The van der Waals surface area contributed by atoms with Gasteiger partial charge in [0.1, 0.15) is 18.1 Å². The lowest BCUT2D eigenvalue weighted by atomic mass is 10.1. The van der Waals surface area contributed by atoms with Crippen molar-refractivity contribution in [2.75, 3.05) is 7.05 Å². The lowest BCUT2D eigenvalue weighted by Crippen LogP contribution is -2.12. The summed E-state index contributed by atoms with van der Waals surface area (Å²) in [4.78, 5) is 0. The van der Waals surface area contributed by atoms with Crippen LogP contribution in [0.2, 0.25) is 5.02 Å². The Labute approximate surface area is 112 Å². The van der Waals surface area contributed by atoms with Gasteiger partial charge in [0.15, 0.2) is 0 Å². The zero-order chi connectivity index (χ0) is 13.0. The van der Waals surface area contributed by atoms with E-state index in [1.54, 1.807) is 6.26 Å². The summed E-state index contributed by atoms with van der Waals surface area (Å²) in [5, 5.41) is 3.86. The predicted octanol–water partition coefficient (Wildman–Crippen LogP) is 3.79. The molecule has 0 fully saturated rings. The molecule has 0 aliphatic rings. The summed E-state index contributed by atoms with van der Waals surface area (Å²) in [7, 11) is 1.91. The second kappa shape index (κ2) is 5.94. The molecule has 18 heavy (non-hydrogen) atoms. The van der Waals surface area contributed by atoms with Crippen molar-refractivity contribution in [3.8, 4) is 5.75 Å². The molecule has 0 aliphatic carbocycles. The third-order valence-electron chi connectivity index (χ3n) is 2.83. The third-order valence-corrected chi connectivity index (χ3v) is 3.16. The molecule has 96 valence electrons. The Morgan fingerprint density at radius 2 is 2.22 bits per heavy atom. The van der Waals surface area contributed by atoms with Crippen LogP contribution >= 0.6 is 11.6 Å². The molecule has 1 aromatic carbocycles. The molecule has 0 saturated heterocycles. The first-order valence-corrected chi connectivity index (χ1v) is 6.20. The molecule has 0 saturated carbocycles. The first kappa shape index (κ1) is 13.0. The highest BCUT2D eigenvalue weighted by Gasteiger charge is 2.08. The van der Waals surface area contributed by atoms with Crippen molar-refractivity contribution in [3.63, 3.8) is 0 Å². The van der Waals surface area contributed by atoms with E-state index in [0.717, 1.165) is 17.1 Å². The predicted molar refractivity (Wildman–Crippen MR) is 72.0 cm³/mol. The van der Waals surface area contributed by atoms with Gasteiger partial charge in [0.25, 0.3) is 0 Å². The van der Waals surface area contributed by atoms with E-state index in [4.69, 9.17) is 20.8 Å². The van der Waals surface area contributed by atoms with Crippen molar-refractivity contribution >= 4 is 11.6 Å². The third kappa shape index (κ3) is 3.06. The highest BCUT2D eigenvalue weighted by Crippen LogP contribution is 2.27. The van der Waals surface area contributed by atoms with Crippen LogP contribution in [0.4, 0.5) is 0 Å². The van der Waals surface area contributed by atoms with E-state index in [1.165, 1.54) is 0 Å². The number of benzene rings is 1. The van der Waals surface area contributed by atoms with Gasteiger partial charge >= 0.3 is 0 Å². The molecule has 1 unspecified atom stereocenters. The maximum absolute atomic E-state index is 6.22. The summed E-state index contributed by atoms with van der Waals surface area (Å²) >= 11 is 6.22. The molecular formula is C14H16ClNO2. The highest BCUT2D eigenvalue weighted by atomic mass is 35.5. The van der Waals surface area contributed by atoms with Gasteiger partial charge in [0, 0.05) is 11.1 Å². The molecule has 1 heterocycles. The van der Waals surface area contributed by atoms with E-state index < -0.39 is 0 Å². The molecule has 1 atom stereocenters. The SMILES string of the molecule is CNC(C)c1ccc(OCc2ccco2)cc1Cl. The zero-order valence-electron chi connectivity index (χ0n) is 10.4. The van der Waals surface area contributed by atoms with Gasteiger partial charge in [-0.05, 0) is 43.8 Å². The number of halogens is 1. The van der Waals surface area contributed by atoms with Crippen LogP contribution in [0, 0.1) is 0 Å². The minimum absolute atomic E-state index is 0.219. The number of hydrogen-bond donors (Lipinski definition) is 1. The summed E-state index contributed by atoms with van der Waals surface area (Å²) in [6.45, 7) is 2.47. The molecule has 1 N–H and O–H groups in total. The van der Waals surface area contributed by atoms with Gasteiger partial charge in [-0.2, -0.15) is 0 Å². The van der Waals surface area contributed by atoms with Gasteiger partial charge < -0.3 is 14.5 Å². The fourth-order valence-corrected chi connectivity index (χ4v) is 1.99. The molecule has 0 bridgehead atoms. The van der Waals surface area contributed by atoms with Crippen LogP contribution in [-0.4, -0.2) is 7.05 Å². The van der Waals surface area contributed by atoms with Crippen molar-refractivity contribution in [2.24, 2.45) is 0 Å². The summed E-state index contributed by atoms with van der Waals surface area (Å²) in [6, 6.07) is 9.64. The minimum atomic E-state index is 0.219. The van der Waals surface area contributed by atoms with Gasteiger partial charge in [-0.3, -0.25) is 0 Å². The Bertz CT molecular complexity index is 497. The average Bonchev–Trinajstić information content (AvgIpc) is 2.88. The molecule has 0 aliphatic heterocycles. The Morgan fingerprint density at radius 3 is 2.83 bits per heavy atom. The summed E-state index contributed by atoms with van der Waals surface area (Å²) in [5.74, 6) is 1.53. The van der Waals surface area contributed by atoms with Crippen molar-refractivity contribution in [3.05, 3.63) is 52.9 Å². The van der Waals surface area contributed by atoms with Crippen LogP contribution in [-0.2, 0) is 6.61 Å². The van der Waals surface area contributed by atoms with E-state index in [0.29, 0.717) is 11.6 Å². The number of nitrogens with one attached hydrogen (secondary N) is 1. The fourth-order valence-electron chi connectivity index (χ4n) is 1.65. The van der Waals surface area contributed by atoms with Crippen LogP contribution < -0.4 is 10.1 Å². The standard InChI is InChI=1S/C14H16ClNO2/c1-10(16-2)13-6-5-11(8-14(13)15)18-9-12-4-3-7-17-12/h3-8,10,16H,9H2,1-2H3. The number of ether oxygens (including phenoxy) is 1. The average molecular weight is 266 g/mol. The van der Waals surface area contributed by atoms with Gasteiger partial charge in [-0.25, -0.2) is 0 Å². The number of furan rings is 1. The topological polar surface area (TPSA) is 34.4 Å². The molecule has 2 aromatic rings. The molecule has 0 radical (unpaired) electrons. The lowest BCUT2D eigenvalue weighted by Gasteiger charge is -2.13. The Hall–Kier alpha value is -1.45. The van der Waals surface area contributed by atoms with Crippen LogP contribution in [0.5, 0.6) is 5.75 Å². The maximum Gasteiger partial charge on any atom is 0.146 e. The zero-order valence-corrected chi connectivity index (χ0v) is 11.2. The Balaban J connectivity index is 2.04. The van der Waals surface area contributed by atoms with Gasteiger partial charge in [-0.1, -0.05) is 17.7 Å². The molecular weight excluding hydrogens is 250 g/mol. The smallest absolute Gasteiger partial charge is 0.146 e. The molecule has 3 nitrogen and oxygen atoms in total. The quantitative estimate of drug-likeness (QED) is 0.893. The van der Waals surface area contributed by atoms with E-state index in [1.807, 2.05) is 37.4 Å². The number of rotatable bonds is 5. The van der Waals surface area contributed by atoms with Crippen molar-refractivity contribution in [1.29, 1.82) is 0 Å². The van der Waals surface area contributed by atoms with Crippen LogP contribution in [0.15, 0.2) is 41.0 Å². The lowest BCUT2D eigenvalue weighted by molar-refractivity contribution is 0.270. The van der Waals surface area contributed by atoms with Gasteiger partial charge in [0.05, 0.1) is 6.26 Å². The first-order chi connectivity index (χ1) is 8.70.